The van der Waals surface area contributed by atoms with E-state index in [-0.39, 0.29) is 17.6 Å². The third-order valence-corrected chi connectivity index (χ3v) is 3.23. The van der Waals surface area contributed by atoms with Gasteiger partial charge in [-0.15, -0.1) is 0 Å². The van der Waals surface area contributed by atoms with E-state index < -0.39 is 0 Å². The number of amides is 1. The lowest BCUT2D eigenvalue weighted by Gasteiger charge is -2.41. The van der Waals surface area contributed by atoms with Crippen molar-refractivity contribution in [1.29, 1.82) is 0 Å². The fourth-order valence-corrected chi connectivity index (χ4v) is 2.63. The Kier molecular flexibility index (Phi) is 3.80. The summed E-state index contributed by atoms with van der Waals surface area (Å²) < 4.78 is 5.81. The summed E-state index contributed by atoms with van der Waals surface area (Å²) in [5.41, 5.74) is 7.11. The largest absolute Gasteiger partial charge is 0.399 e. The van der Waals surface area contributed by atoms with E-state index in [0.29, 0.717) is 25.2 Å². The van der Waals surface area contributed by atoms with Gasteiger partial charge in [0.15, 0.2) is 0 Å². The normalized spacial score (nSPS) is 22.3. The second kappa shape index (κ2) is 5.21. The molecule has 0 spiro atoms. The molecule has 1 fully saturated rings. The van der Waals surface area contributed by atoms with Crippen LogP contribution < -0.4 is 5.73 Å². The van der Waals surface area contributed by atoms with Crippen LogP contribution in [0.25, 0.3) is 0 Å². The lowest BCUT2D eigenvalue weighted by atomic mass is 10.0. The van der Waals surface area contributed by atoms with Gasteiger partial charge in [0.25, 0.3) is 0 Å². The molecule has 1 aliphatic heterocycles. The van der Waals surface area contributed by atoms with E-state index in [1.807, 2.05) is 49.9 Å². The minimum Gasteiger partial charge on any atom is -0.399 e. The van der Waals surface area contributed by atoms with Gasteiger partial charge >= 0.3 is 0 Å². The van der Waals surface area contributed by atoms with Gasteiger partial charge in [-0.3, -0.25) is 4.79 Å². The first-order valence-electron chi connectivity index (χ1n) is 6.66. The van der Waals surface area contributed by atoms with E-state index in [4.69, 9.17) is 10.5 Å². The van der Waals surface area contributed by atoms with Crippen LogP contribution >= 0.6 is 0 Å². The number of carbonyl (C=O) groups is 1. The molecule has 1 saturated heterocycles. The number of ether oxygens (including phenoxy) is 1. The molecule has 1 atom stereocenters. The van der Waals surface area contributed by atoms with Crippen molar-refractivity contribution in [3.05, 3.63) is 29.8 Å². The predicted molar refractivity (Wildman–Crippen MR) is 75.8 cm³/mol. The van der Waals surface area contributed by atoms with Gasteiger partial charge in [0, 0.05) is 18.8 Å². The quantitative estimate of drug-likeness (QED) is 0.827. The molecule has 104 valence electrons. The van der Waals surface area contributed by atoms with Crippen LogP contribution in [0, 0.1) is 0 Å². The van der Waals surface area contributed by atoms with Crippen LogP contribution in [0.3, 0.4) is 0 Å². The Hall–Kier alpha value is -1.55. The fourth-order valence-electron chi connectivity index (χ4n) is 2.63. The Balaban J connectivity index is 2.03. The van der Waals surface area contributed by atoms with Crippen molar-refractivity contribution in [2.75, 3.05) is 18.8 Å². The number of nitrogens with zero attached hydrogens (tertiary/aromatic N) is 1. The molecular weight excluding hydrogens is 240 g/mol. The van der Waals surface area contributed by atoms with E-state index in [2.05, 4.69) is 0 Å². The molecule has 2 N–H and O–H groups in total. The average Bonchev–Trinajstić information content (AvgIpc) is 2.26. The predicted octanol–water partition coefficient (Wildman–Crippen LogP) is 1.84. The van der Waals surface area contributed by atoms with Crippen molar-refractivity contribution in [2.24, 2.45) is 0 Å². The smallest absolute Gasteiger partial charge is 0.227 e. The molecule has 0 aliphatic carbocycles. The third-order valence-electron chi connectivity index (χ3n) is 3.23. The average molecular weight is 262 g/mol. The summed E-state index contributed by atoms with van der Waals surface area (Å²) in [6.45, 7) is 7.33. The number of rotatable bonds is 2. The molecule has 1 aromatic carbocycles. The molecule has 0 bridgehead atoms. The molecule has 0 saturated carbocycles. The Morgan fingerprint density at radius 1 is 1.53 bits per heavy atom. The van der Waals surface area contributed by atoms with Gasteiger partial charge in [-0.1, -0.05) is 12.1 Å². The van der Waals surface area contributed by atoms with Crippen LogP contribution in [0.15, 0.2) is 24.3 Å². The van der Waals surface area contributed by atoms with Crippen molar-refractivity contribution in [2.45, 2.75) is 38.9 Å². The molecule has 1 aliphatic rings. The Bertz CT molecular complexity index is 471. The van der Waals surface area contributed by atoms with E-state index in [1.165, 1.54) is 0 Å². The SMILES string of the molecule is C[C@H]1CN(C(=O)Cc2cccc(N)c2)CC(C)(C)O1. The highest BCUT2D eigenvalue weighted by molar-refractivity contribution is 5.79. The Morgan fingerprint density at radius 2 is 2.26 bits per heavy atom. The lowest BCUT2D eigenvalue weighted by Crippen LogP contribution is -2.54. The highest BCUT2D eigenvalue weighted by atomic mass is 16.5. The van der Waals surface area contributed by atoms with Crippen LogP contribution in [0.1, 0.15) is 26.3 Å². The molecule has 1 aromatic rings. The van der Waals surface area contributed by atoms with Crippen molar-refractivity contribution in [3.63, 3.8) is 0 Å². The first kappa shape index (κ1) is 13.9. The summed E-state index contributed by atoms with van der Waals surface area (Å²) in [5.74, 6) is 0.133. The van der Waals surface area contributed by atoms with E-state index in [1.54, 1.807) is 0 Å². The molecule has 1 heterocycles. The van der Waals surface area contributed by atoms with Crippen LogP contribution in [-0.2, 0) is 16.0 Å². The van der Waals surface area contributed by atoms with Crippen LogP contribution in [0.5, 0.6) is 0 Å². The number of benzene rings is 1. The summed E-state index contributed by atoms with van der Waals surface area (Å²) in [7, 11) is 0. The van der Waals surface area contributed by atoms with Gasteiger partial charge in [-0.25, -0.2) is 0 Å². The molecule has 0 unspecified atom stereocenters. The molecule has 2 rings (SSSR count). The van der Waals surface area contributed by atoms with Gasteiger partial charge in [0.2, 0.25) is 5.91 Å². The Morgan fingerprint density at radius 3 is 2.89 bits per heavy atom. The number of nitrogens with two attached hydrogens (primary N) is 1. The maximum atomic E-state index is 12.3. The van der Waals surface area contributed by atoms with Gasteiger partial charge in [-0.05, 0) is 38.5 Å². The second-order valence-electron chi connectivity index (χ2n) is 5.88. The highest BCUT2D eigenvalue weighted by Crippen LogP contribution is 2.21. The Labute approximate surface area is 114 Å². The van der Waals surface area contributed by atoms with Crippen molar-refractivity contribution >= 4 is 11.6 Å². The van der Waals surface area contributed by atoms with Gasteiger partial charge in [0.1, 0.15) is 0 Å². The molecular formula is C15H22N2O2. The number of hydrogen-bond donors (Lipinski definition) is 1. The fraction of sp³-hybridized carbons (Fsp3) is 0.533. The molecule has 19 heavy (non-hydrogen) atoms. The minimum atomic E-state index is -0.275. The number of nitrogen functional groups attached to an aromatic ring is 1. The standard InChI is InChI=1S/C15H22N2O2/c1-11-9-17(10-15(2,3)19-11)14(18)8-12-5-4-6-13(16)7-12/h4-7,11H,8-10,16H2,1-3H3/t11-/m0/s1. The van der Waals surface area contributed by atoms with Crippen LogP contribution in [0.4, 0.5) is 5.69 Å². The van der Waals surface area contributed by atoms with Crippen molar-refractivity contribution in [1.82, 2.24) is 4.90 Å². The molecule has 0 aromatic heterocycles. The summed E-state index contributed by atoms with van der Waals surface area (Å²) in [4.78, 5) is 14.2. The van der Waals surface area contributed by atoms with E-state index >= 15 is 0 Å². The molecule has 0 radical (unpaired) electrons. The summed E-state index contributed by atoms with van der Waals surface area (Å²) in [6, 6.07) is 7.49. The second-order valence-corrected chi connectivity index (χ2v) is 5.88. The zero-order valence-corrected chi connectivity index (χ0v) is 11.8. The molecule has 1 amide bonds. The van der Waals surface area contributed by atoms with Crippen LogP contribution in [0.2, 0.25) is 0 Å². The first-order chi connectivity index (χ1) is 8.85. The van der Waals surface area contributed by atoms with Crippen LogP contribution in [-0.4, -0.2) is 35.6 Å². The maximum absolute atomic E-state index is 12.3. The first-order valence-corrected chi connectivity index (χ1v) is 6.66. The number of hydrogen-bond acceptors (Lipinski definition) is 3. The minimum absolute atomic E-state index is 0.0774. The van der Waals surface area contributed by atoms with E-state index in [9.17, 15) is 4.79 Å². The van der Waals surface area contributed by atoms with E-state index in [0.717, 1.165) is 5.56 Å². The topological polar surface area (TPSA) is 55.6 Å². The van der Waals surface area contributed by atoms with Crippen molar-refractivity contribution in [3.8, 4) is 0 Å². The summed E-state index contributed by atoms with van der Waals surface area (Å²) in [6.07, 6.45) is 0.474. The van der Waals surface area contributed by atoms with Crippen molar-refractivity contribution < 1.29 is 9.53 Å². The lowest BCUT2D eigenvalue weighted by molar-refractivity contribution is -0.157. The third kappa shape index (κ3) is 3.70. The zero-order chi connectivity index (χ0) is 14.0. The number of carbonyl (C=O) groups excluding carboxylic acids is 1. The van der Waals surface area contributed by atoms with Gasteiger partial charge in [0.05, 0.1) is 18.1 Å². The van der Waals surface area contributed by atoms with Gasteiger partial charge < -0.3 is 15.4 Å². The highest BCUT2D eigenvalue weighted by Gasteiger charge is 2.33. The molecule has 4 heteroatoms. The monoisotopic (exact) mass is 262 g/mol. The summed E-state index contributed by atoms with van der Waals surface area (Å²) in [5, 5.41) is 0. The maximum Gasteiger partial charge on any atom is 0.227 e. The number of anilines is 1. The number of morpholine rings is 1. The summed E-state index contributed by atoms with van der Waals surface area (Å²) >= 11 is 0. The molecule has 4 nitrogen and oxygen atoms in total. The van der Waals surface area contributed by atoms with Gasteiger partial charge in [-0.2, -0.15) is 0 Å². The zero-order valence-electron chi connectivity index (χ0n) is 11.8.